The molecular formula is C7H8N2S. The Kier molecular flexibility index (Phi) is 2.45. The molecule has 0 heterocycles. The Balaban J connectivity index is 2.96. The zero-order chi connectivity index (χ0) is 7.40. The summed E-state index contributed by atoms with van der Waals surface area (Å²) < 4.78 is 3.74. The van der Waals surface area contributed by atoms with Gasteiger partial charge >= 0.3 is 0 Å². The molecule has 3 heteroatoms. The maximum Gasteiger partial charge on any atom is 0.0961 e. The van der Waals surface area contributed by atoms with Gasteiger partial charge in [0.05, 0.1) is 11.4 Å². The first-order valence-corrected chi connectivity index (χ1v) is 3.32. The third-order valence-corrected chi connectivity index (χ3v) is 1.45. The molecule has 0 saturated carbocycles. The van der Waals surface area contributed by atoms with Gasteiger partial charge in [-0.25, -0.2) is 4.40 Å². The predicted octanol–water partition coefficient (Wildman–Crippen LogP) is 1.47. The summed E-state index contributed by atoms with van der Waals surface area (Å²) in [5.41, 5.74) is 1.69. The maximum absolute atomic E-state index is 4.00. The lowest BCUT2D eigenvalue weighted by Gasteiger charge is -2.00. The van der Waals surface area contributed by atoms with E-state index in [1.54, 1.807) is 7.05 Å². The van der Waals surface area contributed by atoms with E-state index in [0.29, 0.717) is 0 Å². The quantitative estimate of drug-likeness (QED) is 0.401. The molecule has 10 heavy (non-hydrogen) atoms. The molecule has 0 unspecified atom stereocenters. The van der Waals surface area contributed by atoms with Gasteiger partial charge in [0.1, 0.15) is 0 Å². The van der Waals surface area contributed by atoms with Crippen molar-refractivity contribution in [1.82, 2.24) is 0 Å². The molecule has 0 aromatic heterocycles. The van der Waals surface area contributed by atoms with E-state index in [1.165, 1.54) is 0 Å². The molecule has 0 radical (unpaired) electrons. The molecule has 1 aliphatic rings. The number of hydrogen-bond donors (Lipinski definition) is 1. The van der Waals surface area contributed by atoms with Crippen LogP contribution in [-0.4, -0.2) is 18.5 Å². The molecule has 0 aliphatic heterocycles. The van der Waals surface area contributed by atoms with E-state index < -0.39 is 0 Å². The van der Waals surface area contributed by atoms with Gasteiger partial charge in [-0.05, 0) is 25.0 Å². The van der Waals surface area contributed by atoms with Gasteiger partial charge in [0.15, 0.2) is 0 Å². The van der Waals surface area contributed by atoms with Crippen molar-refractivity contribution in [3.8, 4) is 0 Å². The van der Waals surface area contributed by atoms with Crippen molar-refractivity contribution < 1.29 is 0 Å². The molecule has 0 aromatic rings. The van der Waals surface area contributed by atoms with Crippen molar-refractivity contribution in [2.45, 2.75) is 0 Å². The highest BCUT2D eigenvalue weighted by Gasteiger charge is 2.01. The van der Waals surface area contributed by atoms with Gasteiger partial charge in [0.25, 0.3) is 0 Å². The van der Waals surface area contributed by atoms with Gasteiger partial charge in [-0.1, -0.05) is 12.2 Å². The molecule has 0 saturated heterocycles. The van der Waals surface area contributed by atoms with Crippen LogP contribution in [0, 0.1) is 0 Å². The summed E-state index contributed by atoms with van der Waals surface area (Å²) in [6.45, 7) is 0. The molecule has 1 aliphatic carbocycles. The van der Waals surface area contributed by atoms with E-state index >= 15 is 0 Å². The Bertz CT molecular complexity index is 210. The number of thiol groups is 1. The highest BCUT2D eigenvalue weighted by Crippen LogP contribution is 1.98. The van der Waals surface area contributed by atoms with Gasteiger partial charge in [0, 0.05) is 7.05 Å². The molecule has 0 bridgehead atoms. The number of allylic oxidation sites excluding steroid dienone is 4. The summed E-state index contributed by atoms with van der Waals surface area (Å²) in [6.07, 6.45) is 7.60. The van der Waals surface area contributed by atoms with Crippen LogP contribution in [0.1, 0.15) is 0 Å². The van der Waals surface area contributed by atoms with Gasteiger partial charge in [-0.2, -0.15) is 0 Å². The third-order valence-electron chi connectivity index (χ3n) is 1.23. The first kappa shape index (κ1) is 7.28. The molecule has 2 nitrogen and oxygen atoms in total. The van der Waals surface area contributed by atoms with E-state index in [9.17, 15) is 0 Å². The summed E-state index contributed by atoms with van der Waals surface area (Å²) in [7, 11) is 1.73. The number of hydrogen-bond acceptors (Lipinski definition) is 3. The minimum Gasteiger partial charge on any atom is -0.286 e. The maximum atomic E-state index is 4.00. The Hall–Kier alpha value is -0.830. The minimum atomic E-state index is 0.813. The van der Waals surface area contributed by atoms with Crippen LogP contribution >= 0.6 is 12.8 Å². The Morgan fingerprint density at radius 1 is 1.20 bits per heavy atom. The van der Waals surface area contributed by atoms with E-state index in [-0.39, 0.29) is 0 Å². The summed E-state index contributed by atoms with van der Waals surface area (Å²) >= 11 is 3.80. The first-order chi connectivity index (χ1) is 4.88. The van der Waals surface area contributed by atoms with Crippen LogP contribution in [0.15, 0.2) is 33.7 Å². The molecule has 1 rings (SSSR count). The van der Waals surface area contributed by atoms with Crippen LogP contribution in [0.2, 0.25) is 0 Å². The van der Waals surface area contributed by atoms with E-state index in [1.807, 2.05) is 24.3 Å². The van der Waals surface area contributed by atoms with Gasteiger partial charge in [0.2, 0.25) is 0 Å². The SMILES string of the molecule is C/N=C1/C=CC=C/C1=N/S. The largest absolute Gasteiger partial charge is 0.286 e. The second kappa shape index (κ2) is 3.37. The zero-order valence-electron chi connectivity index (χ0n) is 5.65. The fraction of sp³-hybridized carbons (Fsp3) is 0.143. The summed E-state index contributed by atoms with van der Waals surface area (Å²) in [5.74, 6) is 0. The van der Waals surface area contributed by atoms with Crippen molar-refractivity contribution in [3.05, 3.63) is 24.3 Å². The summed E-state index contributed by atoms with van der Waals surface area (Å²) in [5, 5.41) is 0. The Morgan fingerprint density at radius 2 is 1.80 bits per heavy atom. The van der Waals surface area contributed by atoms with Crippen LogP contribution in [-0.2, 0) is 0 Å². The molecule has 0 atom stereocenters. The number of aliphatic imine (C=N–C) groups is 1. The predicted molar refractivity (Wildman–Crippen MR) is 48.1 cm³/mol. The molecule has 52 valence electrons. The Labute approximate surface area is 65.6 Å². The molecule has 0 spiro atoms. The lowest BCUT2D eigenvalue weighted by molar-refractivity contribution is 1.46. The zero-order valence-corrected chi connectivity index (χ0v) is 6.55. The lowest BCUT2D eigenvalue weighted by atomic mass is 10.1. The second-order valence-corrected chi connectivity index (χ2v) is 2.01. The van der Waals surface area contributed by atoms with Gasteiger partial charge < -0.3 is 0 Å². The third kappa shape index (κ3) is 1.36. The fourth-order valence-electron chi connectivity index (χ4n) is 0.738. The normalized spacial score (nSPS) is 24.6. The smallest absolute Gasteiger partial charge is 0.0961 e. The Morgan fingerprint density at radius 3 is 2.20 bits per heavy atom. The molecular weight excluding hydrogens is 144 g/mol. The monoisotopic (exact) mass is 152 g/mol. The van der Waals surface area contributed by atoms with Crippen LogP contribution < -0.4 is 0 Å². The average molecular weight is 152 g/mol. The average Bonchev–Trinajstić information content (AvgIpc) is 2.04. The van der Waals surface area contributed by atoms with Gasteiger partial charge in [-0.15, -0.1) is 0 Å². The van der Waals surface area contributed by atoms with Crippen LogP contribution in [0.5, 0.6) is 0 Å². The molecule has 0 N–H and O–H groups in total. The standard InChI is InChI=1S/C7H8N2S/c1-8-6-4-2-3-5-7(6)9-10/h2-5,10H,1H3/b8-6-,9-7-. The summed E-state index contributed by atoms with van der Waals surface area (Å²) in [4.78, 5) is 4.00. The van der Waals surface area contributed by atoms with Crippen LogP contribution in [0.4, 0.5) is 0 Å². The molecule has 0 fully saturated rings. The fourth-order valence-corrected chi connectivity index (χ4v) is 0.907. The van der Waals surface area contributed by atoms with Crippen molar-refractivity contribution in [2.24, 2.45) is 9.39 Å². The van der Waals surface area contributed by atoms with E-state index in [2.05, 4.69) is 22.2 Å². The number of rotatable bonds is 0. The summed E-state index contributed by atoms with van der Waals surface area (Å²) in [6, 6.07) is 0. The van der Waals surface area contributed by atoms with Crippen LogP contribution in [0.25, 0.3) is 0 Å². The minimum absolute atomic E-state index is 0.813. The number of nitrogens with zero attached hydrogens (tertiary/aromatic N) is 2. The van der Waals surface area contributed by atoms with Crippen molar-refractivity contribution in [2.75, 3.05) is 7.05 Å². The van der Waals surface area contributed by atoms with Gasteiger partial charge in [-0.3, -0.25) is 4.99 Å². The van der Waals surface area contributed by atoms with E-state index in [4.69, 9.17) is 0 Å². The van der Waals surface area contributed by atoms with Crippen molar-refractivity contribution >= 4 is 24.2 Å². The first-order valence-electron chi connectivity index (χ1n) is 2.92. The second-order valence-electron chi connectivity index (χ2n) is 1.81. The lowest BCUT2D eigenvalue weighted by Crippen LogP contribution is -2.09. The van der Waals surface area contributed by atoms with E-state index in [0.717, 1.165) is 11.4 Å². The highest BCUT2D eigenvalue weighted by molar-refractivity contribution is 7.79. The highest BCUT2D eigenvalue weighted by atomic mass is 32.1. The molecule has 0 amide bonds. The van der Waals surface area contributed by atoms with Crippen molar-refractivity contribution in [3.63, 3.8) is 0 Å². The van der Waals surface area contributed by atoms with Crippen LogP contribution in [0.3, 0.4) is 0 Å². The van der Waals surface area contributed by atoms with Crippen molar-refractivity contribution in [1.29, 1.82) is 0 Å². The molecule has 0 aromatic carbocycles. The topological polar surface area (TPSA) is 24.7 Å².